The van der Waals surface area contributed by atoms with Gasteiger partial charge < -0.3 is 0 Å². The summed E-state index contributed by atoms with van der Waals surface area (Å²) in [6.07, 6.45) is 2.45. The molecule has 2 rings (SSSR count). The topological polar surface area (TPSA) is 61.9 Å². The SMILES string of the molecule is CSc1n[nH]c(N2CC(CS)CC2=O)n1. The largest absolute Gasteiger partial charge is 0.281 e. The molecule has 15 heavy (non-hydrogen) atoms. The van der Waals surface area contributed by atoms with E-state index in [4.69, 9.17) is 0 Å². The fourth-order valence-electron chi connectivity index (χ4n) is 1.56. The fraction of sp³-hybridized carbons (Fsp3) is 0.625. The maximum Gasteiger partial charge on any atom is 0.229 e. The quantitative estimate of drug-likeness (QED) is 0.610. The molecule has 1 aliphatic heterocycles. The lowest BCUT2D eigenvalue weighted by atomic mass is 10.1. The van der Waals surface area contributed by atoms with Crippen molar-refractivity contribution in [3.05, 3.63) is 0 Å². The Morgan fingerprint density at radius 2 is 2.53 bits per heavy atom. The number of anilines is 1. The van der Waals surface area contributed by atoms with Crippen molar-refractivity contribution in [1.29, 1.82) is 0 Å². The number of thioether (sulfide) groups is 1. The number of aromatic amines is 1. The minimum Gasteiger partial charge on any atom is -0.281 e. The lowest BCUT2D eigenvalue weighted by molar-refractivity contribution is -0.117. The van der Waals surface area contributed by atoms with Gasteiger partial charge in [0.2, 0.25) is 17.0 Å². The summed E-state index contributed by atoms with van der Waals surface area (Å²) in [6, 6.07) is 0. The van der Waals surface area contributed by atoms with Gasteiger partial charge in [0.15, 0.2) is 0 Å². The molecule has 2 heterocycles. The predicted octanol–water partition coefficient (Wildman–Crippen LogP) is 0.809. The Morgan fingerprint density at radius 1 is 1.73 bits per heavy atom. The Labute approximate surface area is 97.4 Å². The molecule has 1 unspecified atom stereocenters. The first-order chi connectivity index (χ1) is 7.24. The molecular weight excluding hydrogens is 232 g/mol. The second-order valence-electron chi connectivity index (χ2n) is 3.40. The van der Waals surface area contributed by atoms with Crippen LogP contribution in [0.3, 0.4) is 0 Å². The van der Waals surface area contributed by atoms with E-state index >= 15 is 0 Å². The third kappa shape index (κ3) is 2.12. The van der Waals surface area contributed by atoms with E-state index in [0.29, 0.717) is 30.0 Å². The number of nitrogens with one attached hydrogen (secondary N) is 1. The van der Waals surface area contributed by atoms with E-state index in [2.05, 4.69) is 27.8 Å². The smallest absolute Gasteiger partial charge is 0.229 e. The van der Waals surface area contributed by atoms with Gasteiger partial charge in [0, 0.05) is 13.0 Å². The summed E-state index contributed by atoms with van der Waals surface area (Å²) >= 11 is 5.65. The molecule has 0 saturated carbocycles. The van der Waals surface area contributed by atoms with Crippen molar-refractivity contribution in [2.24, 2.45) is 5.92 Å². The molecule has 1 aromatic rings. The zero-order chi connectivity index (χ0) is 10.8. The second-order valence-corrected chi connectivity index (χ2v) is 4.54. The molecule has 1 atom stereocenters. The average Bonchev–Trinajstić information content (AvgIpc) is 2.83. The van der Waals surface area contributed by atoms with Crippen LogP contribution in [0.5, 0.6) is 0 Å². The molecule has 82 valence electrons. The van der Waals surface area contributed by atoms with E-state index in [0.717, 1.165) is 5.75 Å². The Hall–Kier alpha value is -0.690. The molecular formula is C8H12N4OS2. The van der Waals surface area contributed by atoms with Crippen LogP contribution in [-0.2, 0) is 4.79 Å². The van der Waals surface area contributed by atoms with Gasteiger partial charge in [0.05, 0.1) is 0 Å². The summed E-state index contributed by atoms with van der Waals surface area (Å²) in [5, 5.41) is 7.41. The van der Waals surface area contributed by atoms with Gasteiger partial charge in [-0.05, 0) is 17.9 Å². The van der Waals surface area contributed by atoms with Crippen LogP contribution in [0.2, 0.25) is 0 Å². The number of nitrogens with zero attached hydrogens (tertiary/aromatic N) is 3. The summed E-state index contributed by atoms with van der Waals surface area (Å²) in [5.41, 5.74) is 0. The van der Waals surface area contributed by atoms with Gasteiger partial charge in [-0.25, -0.2) is 5.10 Å². The van der Waals surface area contributed by atoms with Gasteiger partial charge in [-0.2, -0.15) is 17.6 Å². The van der Waals surface area contributed by atoms with Gasteiger partial charge in [-0.3, -0.25) is 9.69 Å². The molecule has 1 N–H and O–H groups in total. The van der Waals surface area contributed by atoms with Gasteiger partial charge in [0.1, 0.15) is 0 Å². The number of carbonyl (C=O) groups is 1. The molecule has 1 saturated heterocycles. The summed E-state index contributed by atoms with van der Waals surface area (Å²) in [4.78, 5) is 17.5. The summed E-state index contributed by atoms with van der Waals surface area (Å²) in [5.74, 6) is 1.70. The van der Waals surface area contributed by atoms with E-state index in [1.54, 1.807) is 4.90 Å². The van der Waals surface area contributed by atoms with E-state index in [9.17, 15) is 4.79 Å². The van der Waals surface area contributed by atoms with Crippen molar-refractivity contribution in [2.45, 2.75) is 11.6 Å². The van der Waals surface area contributed by atoms with Crippen LogP contribution in [0.1, 0.15) is 6.42 Å². The number of amides is 1. The molecule has 1 aliphatic rings. The van der Waals surface area contributed by atoms with Crippen molar-refractivity contribution in [2.75, 3.05) is 23.5 Å². The van der Waals surface area contributed by atoms with Gasteiger partial charge in [0.25, 0.3) is 0 Å². The van der Waals surface area contributed by atoms with Crippen LogP contribution in [0.25, 0.3) is 0 Å². The highest BCUT2D eigenvalue weighted by Crippen LogP contribution is 2.23. The molecule has 5 nitrogen and oxygen atoms in total. The second kappa shape index (κ2) is 4.44. The van der Waals surface area contributed by atoms with E-state index < -0.39 is 0 Å². The monoisotopic (exact) mass is 244 g/mol. The van der Waals surface area contributed by atoms with Crippen LogP contribution < -0.4 is 4.90 Å². The standard InChI is InChI=1S/C8H12N4OS2/c1-15-8-9-7(10-11-8)12-3-5(4-14)2-6(12)13/h5,14H,2-4H2,1H3,(H,9,10,11). The van der Waals surface area contributed by atoms with Crippen LogP contribution in [0.4, 0.5) is 5.95 Å². The highest BCUT2D eigenvalue weighted by atomic mass is 32.2. The average molecular weight is 244 g/mol. The van der Waals surface area contributed by atoms with Crippen LogP contribution in [0.15, 0.2) is 5.16 Å². The first-order valence-electron chi connectivity index (χ1n) is 4.62. The number of thiol groups is 1. The maximum absolute atomic E-state index is 11.6. The molecule has 7 heteroatoms. The van der Waals surface area contributed by atoms with Crippen molar-refractivity contribution in [1.82, 2.24) is 15.2 Å². The van der Waals surface area contributed by atoms with Gasteiger partial charge in [-0.1, -0.05) is 11.8 Å². The fourth-order valence-corrected chi connectivity index (χ4v) is 2.12. The zero-order valence-corrected chi connectivity index (χ0v) is 10.0. The van der Waals surface area contributed by atoms with Gasteiger partial charge in [-0.15, -0.1) is 5.10 Å². The highest BCUT2D eigenvalue weighted by Gasteiger charge is 2.31. The third-order valence-electron chi connectivity index (χ3n) is 2.35. The minimum absolute atomic E-state index is 0.0952. The first-order valence-corrected chi connectivity index (χ1v) is 6.48. The first kappa shape index (κ1) is 10.8. The number of H-pyrrole nitrogens is 1. The van der Waals surface area contributed by atoms with Gasteiger partial charge >= 0.3 is 0 Å². The molecule has 0 radical (unpaired) electrons. The summed E-state index contributed by atoms with van der Waals surface area (Å²) in [6.45, 7) is 0.686. The van der Waals surface area contributed by atoms with E-state index in [1.165, 1.54) is 11.8 Å². The zero-order valence-electron chi connectivity index (χ0n) is 8.30. The van der Waals surface area contributed by atoms with Crippen LogP contribution in [-0.4, -0.2) is 39.6 Å². The Bertz CT molecular complexity index is 367. The normalized spacial score (nSPS) is 21.3. The Kier molecular flexibility index (Phi) is 3.20. The summed E-state index contributed by atoms with van der Waals surface area (Å²) in [7, 11) is 0. The number of aromatic nitrogens is 3. The van der Waals surface area contributed by atoms with E-state index in [-0.39, 0.29) is 5.91 Å². The highest BCUT2D eigenvalue weighted by molar-refractivity contribution is 7.98. The lowest BCUT2D eigenvalue weighted by Crippen LogP contribution is -2.25. The summed E-state index contributed by atoms with van der Waals surface area (Å²) < 4.78 is 0. The molecule has 0 spiro atoms. The van der Waals surface area contributed by atoms with Crippen molar-refractivity contribution in [3.63, 3.8) is 0 Å². The number of hydrogen-bond acceptors (Lipinski definition) is 5. The minimum atomic E-state index is 0.0952. The molecule has 1 fully saturated rings. The molecule has 1 amide bonds. The molecule has 0 bridgehead atoms. The van der Waals surface area contributed by atoms with E-state index in [1.807, 2.05) is 6.26 Å². The third-order valence-corrected chi connectivity index (χ3v) is 3.42. The van der Waals surface area contributed by atoms with Crippen molar-refractivity contribution in [3.8, 4) is 0 Å². The number of hydrogen-bond donors (Lipinski definition) is 2. The number of rotatable bonds is 3. The predicted molar refractivity (Wildman–Crippen MR) is 62.5 cm³/mol. The Morgan fingerprint density at radius 3 is 3.07 bits per heavy atom. The van der Waals surface area contributed by atoms with Crippen LogP contribution in [0, 0.1) is 5.92 Å². The van der Waals surface area contributed by atoms with Crippen LogP contribution >= 0.6 is 24.4 Å². The number of carbonyl (C=O) groups excluding carboxylic acids is 1. The molecule has 1 aromatic heterocycles. The lowest BCUT2D eigenvalue weighted by Gasteiger charge is -2.11. The molecule has 0 aromatic carbocycles. The maximum atomic E-state index is 11.6. The Balaban J connectivity index is 2.14. The van der Waals surface area contributed by atoms with Crippen molar-refractivity contribution >= 4 is 36.2 Å². The molecule has 0 aliphatic carbocycles. The van der Waals surface area contributed by atoms with Crippen molar-refractivity contribution < 1.29 is 4.79 Å².